The molecule has 1 rings (SSSR count). The van der Waals surface area contributed by atoms with Crippen molar-refractivity contribution in [1.82, 2.24) is 20.4 Å². The lowest BCUT2D eigenvalue weighted by atomic mass is 10.2. The Hall–Kier alpha value is -1.000. The zero-order valence-corrected chi connectivity index (χ0v) is 14.4. The van der Waals surface area contributed by atoms with Crippen LogP contribution in [0.1, 0.15) is 13.3 Å². The fraction of sp³-hybridized carbons (Fsp3) is 0.667. The SMILES string of the molecule is CN=C(NCCC(F)(F)F)NCC(C)Cn1cccn1.I. The molecule has 9 heteroatoms. The van der Waals surface area contributed by atoms with Gasteiger partial charge in [-0.1, -0.05) is 6.92 Å². The first-order chi connectivity index (χ1) is 9.40. The van der Waals surface area contributed by atoms with E-state index in [-0.39, 0.29) is 36.4 Å². The first kappa shape index (κ1) is 20.0. The van der Waals surface area contributed by atoms with E-state index in [9.17, 15) is 13.2 Å². The molecule has 0 aromatic carbocycles. The molecule has 0 amide bonds. The number of nitrogens with one attached hydrogen (secondary N) is 2. The van der Waals surface area contributed by atoms with Crippen molar-refractivity contribution in [2.45, 2.75) is 26.1 Å². The van der Waals surface area contributed by atoms with Crippen LogP contribution < -0.4 is 10.6 Å². The van der Waals surface area contributed by atoms with E-state index in [2.05, 4.69) is 20.7 Å². The number of aromatic nitrogens is 2. The fourth-order valence-corrected chi connectivity index (χ4v) is 1.61. The van der Waals surface area contributed by atoms with Crippen LogP contribution in [0.4, 0.5) is 13.2 Å². The average molecular weight is 419 g/mol. The minimum absolute atomic E-state index is 0. The number of alkyl halides is 3. The molecule has 1 atom stereocenters. The largest absolute Gasteiger partial charge is 0.390 e. The van der Waals surface area contributed by atoms with Gasteiger partial charge in [0.1, 0.15) is 0 Å². The highest BCUT2D eigenvalue weighted by atomic mass is 127. The van der Waals surface area contributed by atoms with E-state index in [1.807, 2.05) is 23.9 Å². The summed E-state index contributed by atoms with van der Waals surface area (Å²) in [6, 6.07) is 1.85. The lowest BCUT2D eigenvalue weighted by Crippen LogP contribution is -2.41. The molecule has 21 heavy (non-hydrogen) atoms. The molecule has 0 aliphatic carbocycles. The number of aliphatic imine (C=N–C) groups is 1. The third kappa shape index (κ3) is 9.53. The first-order valence-electron chi connectivity index (χ1n) is 6.39. The number of nitrogens with zero attached hydrogens (tertiary/aromatic N) is 3. The minimum Gasteiger partial charge on any atom is -0.356 e. The Morgan fingerprint density at radius 3 is 2.62 bits per heavy atom. The van der Waals surface area contributed by atoms with Crippen molar-refractivity contribution >= 4 is 29.9 Å². The van der Waals surface area contributed by atoms with Crippen LogP contribution >= 0.6 is 24.0 Å². The summed E-state index contributed by atoms with van der Waals surface area (Å²) in [5.41, 5.74) is 0. The maximum Gasteiger partial charge on any atom is 0.390 e. The number of rotatable bonds is 6. The van der Waals surface area contributed by atoms with Crippen LogP contribution in [0.5, 0.6) is 0 Å². The Morgan fingerprint density at radius 1 is 1.38 bits per heavy atom. The van der Waals surface area contributed by atoms with Crippen LogP contribution in [-0.4, -0.2) is 42.1 Å². The molecule has 0 saturated heterocycles. The third-order valence-corrected chi connectivity index (χ3v) is 2.60. The molecule has 0 spiro atoms. The molecule has 2 N–H and O–H groups in total. The monoisotopic (exact) mass is 419 g/mol. The van der Waals surface area contributed by atoms with Gasteiger partial charge in [0.25, 0.3) is 0 Å². The van der Waals surface area contributed by atoms with Gasteiger partial charge in [-0.05, 0) is 12.0 Å². The van der Waals surface area contributed by atoms with E-state index in [0.717, 1.165) is 6.54 Å². The molecular weight excluding hydrogens is 398 g/mol. The molecule has 0 radical (unpaired) electrons. The second-order valence-corrected chi connectivity index (χ2v) is 4.58. The van der Waals surface area contributed by atoms with Gasteiger partial charge in [-0.3, -0.25) is 9.67 Å². The smallest absolute Gasteiger partial charge is 0.356 e. The second kappa shape index (κ2) is 9.85. The lowest BCUT2D eigenvalue weighted by Gasteiger charge is -2.16. The maximum atomic E-state index is 12.0. The summed E-state index contributed by atoms with van der Waals surface area (Å²) in [6.07, 6.45) is -1.46. The summed E-state index contributed by atoms with van der Waals surface area (Å²) >= 11 is 0. The minimum atomic E-state index is -4.15. The van der Waals surface area contributed by atoms with Gasteiger partial charge in [-0.25, -0.2) is 0 Å². The molecular formula is C12H21F3IN5. The molecule has 0 fully saturated rings. The molecule has 122 valence electrons. The molecule has 1 unspecified atom stereocenters. The summed E-state index contributed by atoms with van der Waals surface area (Å²) in [6.45, 7) is 3.18. The van der Waals surface area contributed by atoms with Gasteiger partial charge in [-0.15, -0.1) is 24.0 Å². The van der Waals surface area contributed by atoms with E-state index in [4.69, 9.17) is 0 Å². The summed E-state index contributed by atoms with van der Waals surface area (Å²) in [4.78, 5) is 3.88. The van der Waals surface area contributed by atoms with Crippen LogP contribution in [0.25, 0.3) is 0 Å². The zero-order chi connectivity index (χ0) is 15.0. The highest BCUT2D eigenvalue weighted by Gasteiger charge is 2.26. The summed E-state index contributed by atoms with van der Waals surface area (Å²) < 4.78 is 37.9. The quantitative estimate of drug-likeness (QED) is 0.423. The molecule has 5 nitrogen and oxygen atoms in total. The standard InChI is InChI=1S/C12H20F3N5.HI/c1-10(9-20-7-3-5-19-20)8-18-11(16-2)17-6-4-12(13,14)15;/h3,5,7,10H,4,6,8-9H2,1-2H3,(H2,16,17,18);1H. The van der Waals surface area contributed by atoms with E-state index < -0.39 is 12.6 Å². The van der Waals surface area contributed by atoms with E-state index in [1.165, 1.54) is 7.05 Å². The normalized spacial score (nSPS) is 13.5. The predicted octanol–water partition coefficient (Wildman–Crippen LogP) is 2.25. The van der Waals surface area contributed by atoms with Gasteiger partial charge < -0.3 is 10.6 Å². The molecule has 0 saturated carbocycles. The van der Waals surface area contributed by atoms with Crippen molar-refractivity contribution in [3.05, 3.63) is 18.5 Å². The predicted molar refractivity (Wildman–Crippen MR) is 86.8 cm³/mol. The van der Waals surface area contributed by atoms with Crippen LogP contribution in [-0.2, 0) is 6.54 Å². The van der Waals surface area contributed by atoms with Crippen LogP contribution in [0.2, 0.25) is 0 Å². The van der Waals surface area contributed by atoms with Crippen molar-refractivity contribution in [3.8, 4) is 0 Å². The van der Waals surface area contributed by atoms with Crippen molar-refractivity contribution in [2.75, 3.05) is 20.1 Å². The van der Waals surface area contributed by atoms with E-state index in [1.54, 1.807) is 6.20 Å². The molecule has 0 bridgehead atoms. The van der Waals surface area contributed by atoms with Gasteiger partial charge >= 0.3 is 6.18 Å². The van der Waals surface area contributed by atoms with E-state index in [0.29, 0.717) is 12.5 Å². The van der Waals surface area contributed by atoms with Crippen molar-refractivity contribution in [3.63, 3.8) is 0 Å². The van der Waals surface area contributed by atoms with Crippen molar-refractivity contribution < 1.29 is 13.2 Å². The van der Waals surface area contributed by atoms with Gasteiger partial charge in [0.2, 0.25) is 0 Å². The third-order valence-electron chi connectivity index (χ3n) is 2.60. The number of guanidine groups is 1. The Morgan fingerprint density at radius 2 is 2.10 bits per heavy atom. The molecule has 1 aromatic rings. The Bertz CT molecular complexity index is 406. The first-order valence-corrected chi connectivity index (χ1v) is 6.39. The van der Waals surface area contributed by atoms with Gasteiger partial charge in [0.05, 0.1) is 6.42 Å². The van der Waals surface area contributed by atoms with Crippen LogP contribution in [0, 0.1) is 5.92 Å². The highest BCUT2D eigenvalue weighted by molar-refractivity contribution is 14.0. The molecule has 0 aliphatic rings. The summed E-state index contributed by atoms with van der Waals surface area (Å²) in [5.74, 6) is 0.651. The van der Waals surface area contributed by atoms with Gasteiger partial charge in [-0.2, -0.15) is 18.3 Å². The molecule has 1 heterocycles. The van der Waals surface area contributed by atoms with Gasteiger partial charge in [0.15, 0.2) is 5.96 Å². The van der Waals surface area contributed by atoms with Crippen LogP contribution in [0.15, 0.2) is 23.5 Å². The zero-order valence-electron chi connectivity index (χ0n) is 12.0. The van der Waals surface area contributed by atoms with E-state index >= 15 is 0 Å². The average Bonchev–Trinajstić information content (AvgIpc) is 2.84. The number of hydrogen-bond acceptors (Lipinski definition) is 2. The van der Waals surface area contributed by atoms with Gasteiger partial charge in [0, 0.05) is 39.1 Å². The summed E-state index contributed by atoms with van der Waals surface area (Å²) in [7, 11) is 1.53. The maximum absolute atomic E-state index is 12.0. The van der Waals surface area contributed by atoms with Crippen molar-refractivity contribution in [2.24, 2.45) is 10.9 Å². The number of hydrogen-bond donors (Lipinski definition) is 2. The fourth-order valence-electron chi connectivity index (χ4n) is 1.61. The second-order valence-electron chi connectivity index (χ2n) is 4.58. The Labute approximate surface area is 139 Å². The number of halogens is 4. The lowest BCUT2D eigenvalue weighted by molar-refractivity contribution is -0.132. The van der Waals surface area contributed by atoms with Crippen LogP contribution in [0.3, 0.4) is 0 Å². The topological polar surface area (TPSA) is 54.2 Å². The Balaban J connectivity index is 0.00000400. The Kier molecular flexibility index (Phi) is 9.38. The van der Waals surface area contributed by atoms with Crippen molar-refractivity contribution in [1.29, 1.82) is 0 Å². The molecule has 0 aliphatic heterocycles. The molecule has 1 aromatic heterocycles. The summed E-state index contributed by atoms with van der Waals surface area (Å²) in [5, 5.41) is 9.73. The highest BCUT2D eigenvalue weighted by Crippen LogP contribution is 2.17.